The van der Waals surface area contributed by atoms with E-state index in [1.807, 2.05) is 6.92 Å². The highest BCUT2D eigenvalue weighted by atomic mass is 35.5. The first-order chi connectivity index (χ1) is 8.72. The van der Waals surface area contributed by atoms with E-state index in [4.69, 9.17) is 11.6 Å². The summed E-state index contributed by atoms with van der Waals surface area (Å²) in [4.78, 5) is 0.120. The molecular formula is C13H18ClNO3S. The molecule has 106 valence electrons. The zero-order valence-electron chi connectivity index (χ0n) is 11.0. The van der Waals surface area contributed by atoms with Gasteiger partial charge >= 0.3 is 0 Å². The predicted molar refractivity (Wildman–Crippen MR) is 74.7 cm³/mol. The van der Waals surface area contributed by atoms with Crippen LogP contribution in [0.25, 0.3) is 0 Å². The van der Waals surface area contributed by atoms with E-state index >= 15 is 0 Å². The maximum Gasteiger partial charge on any atom is 0.240 e. The fraction of sp³-hybridized carbons (Fsp3) is 0.538. The summed E-state index contributed by atoms with van der Waals surface area (Å²) in [6.07, 6.45) is 1.90. The van der Waals surface area contributed by atoms with Crippen molar-refractivity contribution in [1.82, 2.24) is 4.72 Å². The second-order valence-corrected chi connectivity index (χ2v) is 7.54. The number of rotatable bonds is 5. The van der Waals surface area contributed by atoms with E-state index in [1.165, 1.54) is 12.1 Å². The molecule has 1 fully saturated rings. The zero-order valence-corrected chi connectivity index (χ0v) is 12.6. The van der Waals surface area contributed by atoms with Crippen molar-refractivity contribution in [2.24, 2.45) is 5.92 Å². The smallest absolute Gasteiger partial charge is 0.240 e. The first-order valence-electron chi connectivity index (χ1n) is 6.20. The summed E-state index contributed by atoms with van der Waals surface area (Å²) >= 11 is 5.93. The highest BCUT2D eigenvalue weighted by Crippen LogP contribution is 2.39. The minimum atomic E-state index is -3.63. The van der Waals surface area contributed by atoms with Crippen molar-refractivity contribution in [3.8, 4) is 0 Å². The number of benzene rings is 1. The Bertz CT molecular complexity index is 580. The van der Waals surface area contributed by atoms with Crippen molar-refractivity contribution in [1.29, 1.82) is 0 Å². The molecule has 0 spiro atoms. The van der Waals surface area contributed by atoms with Crippen LogP contribution in [0, 0.1) is 12.8 Å². The fourth-order valence-corrected chi connectivity index (χ4v) is 3.33. The number of sulfonamides is 1. The van der Waals surface area contributed by atoms with Crippen LogP contribution in [0.2, 0.25) is 5.02 Å². The van der Waals surface area contributed by atoms with Crippen molar-refractivity contribution in [2.75, 3.05) is 6.54 Å². The topological polar surface area (TPSA) is 66.4 Å². The molecule has 1 aromatic carbocycles. The van der Waals surface area contributed by atoms with Gasteiger partial charge < -0.3 is 5.11 Å². The predicted octanol–water partition coefficient (Wildman–Crippen LogP) is 2.09. The Morgan fingerprint density at radius 3 is 2.63 bits per heavy atom. The quantitative estimate of drug-likeness (QED) is 0.875. The maximum atomic E-state index is 12.1. The molecule has 1 unspecified atom stereocenters. The highest BCUT2D eigenvalue weighted by Gasteiger charge is 2.40. The van der Waals surface area contributed by atoms with Crippen molar-refractivity contribution in [2.45, 2.75) is 37.2 Å². The second kappa shape index (κ2) is 5.05. The van der Waals surface area contributed by atoms with Crippen LogP contribution in [0.3, 0.4) is 0 Å². The van der Waals surface area contributed by atoms with Gasteiger partial charge in [0.15, 0.2) is 0 Å². The van der Waals surface area contributed by atoms with Crippen LogP contribution in [0.5, 0.6) is 0 Å². The van der Waals surface area contributed by atoms with Gasteiger partial charge in [-0.25, -0.2) is 13.1 Å². The molecule has 2 N–H and O–H groups in total. The van der Waals surface area contributed by atoms with Gasteiger partial charge in [-0.2, -0.15) is 0 Å². The third-order valence-electron chi connectivity index (χ3n) is 3.53. The summed E-state index contributed by atoms with van der Waals surface area (Å²) in [7, 11) is -3.63. The number of hydrogen-bond donors (Lipinski definition) is 2. The lowest BCUT2D eigenvalue weighted by Gasteiger charge is -2.23. The molecule has 0 radical (unpaired) electrons. The molecule has 1 saturated carbocycles. The first-order valence-corrected chi connectivity index (χ1v) is 8.07. The number of aliphatic hydroxyl groups is 1. The Morgan fingerprint density at radius 2 is 2.11 bits per heavy atom. The molecule has 19 heavy (non-hydrogen) atoms. The minimum absolute atomic E-state index is 0.0193. The van der Waals surface area contributed by atoms with Crippen LogP contribution >= 0.6 is 11.6 Å². The van der Waals surface area contributed by atoms with Crippen LogP contribution in [-0.2, 0) is 10.0 Å². The molecule has 0 bridgehead atoms. The van der Waals surface area contributed by atoms with Crippen LogP contribution in [-0.4, -0.2) is 25.7 Å². The Labute approximate surface area is 118 Å². The maximum absolute atomic E-state index is 12.1. The van der Waals surface area contributed by atoms with Gasteiger partial charge in [0, 0.05) is 11.6 Å². The van der Waals surface area contributed by atoms with Gasteiger partial charge in [0.1, 0.15) is 0 Å². The van der Waals surface area contributed by atoms with Crippen molar-refractivity contribution >= 4 is 21.6 Å². The minimum Gasteiger partial charge on any atom is -0.389 e. The van der Waals surface area contributed by atoms with Crippen molar-refractivity contribution < 1.29 is 13.5 Å². The molecular weight excluding hydrogens is 286 g/mol. The number of nitrogens with one attached hydrogen (secondary N) is 1. The highest BCUT2D eigenvalue weighted by molar-refractivity contribution is 7.89. The standard InChI is InChI=1S/C13H18ClNO3S/c1-9-3-6-11(7-12(9)14)19(17,18)15-8-13(2,16)10-4-5-10/h3,6-7,10,15-16H,4-5,8H2,1-2H3. The van der Waals surface area contributed by atoms with Gasteiger partial charge in [-0.1, -0.05) is 17.7 Å². The first kappa shape index (κ1) is 14.8. The lowest BCUT2D eigenvalue weighted by atomic mass is 10.0. The summed E-state index contributed by atoms with van der Waals surface area (Å²) in [6.45, 7) is 3.49. The molecule has 0 saturated heterocycles. The van der Waals surface area contributed by atoms with E-state index in [1.54, 1.807) is 13.0 Å². The summed E-state index contributed by atoms with van der Waals surface area (Å²) in [5, 5.41) is 10.5. The molecule has 1 aliphatic rings. The third kappa shape index (κ3) is 3.48. The third-order valence-corrected chi connectivity index (χ3v) is 5.34. The van der Waals surface area contributed by atoms with Crippen LogP contribution in [0.4, 0.5) is 0 Å². The Morgan fingerprint density at radius 1 is 1.47 bits per heavy atom. The molecule has 2 rings (SSSR count). The van der Waals surface area contributed by atoms with Crippen LogP contribution in [0.1, 0.15) is 25.3 Å². The average Bonchev–Trinajstić information content (AvgIpc) is 3.14. The van der Waals surface area contributed by atoms with E-state index in [2.05, 4.69) is 4.72 Å². The van der Waals surface area contributed by atoms with E-state index < -0.39 is 15.6 Å². The van der Waals surface area contributed by atoms with Gasteiger partial charge in [-0.15, -0.1) is 0 Å². The molecule has 0 aromatic heterocycles. The van der Waals surface area contributed by atoms with Gasteiger partial charge in [-0.05, 0) is 50.3 Å². The fourth-order valence-electron chi connectivity index (χ4n) is 1.91. The number of halogens is 1. The molecule has 1 aliphatic carbocycles. The number of aryl methyl sites for hydroxylation is 1. The van der Waals surface area contributed by atoms with E-state index in [9.17, 15) is 13.5 Å². The summed E-state index contributed by atoms with van der Waals surface area (Å²) < 4.78 is 26.7. The molecule has 0 aliphatic heterocycles. The number of hydrogen-bond acceptors (Lipinski definition) is 3. The summed E-state index contributed by atoms with van der Waals surface area (Å²) in [5.41, 5.74) is -0.160. The van der Waals surface area contributed by atoms with Crippen molar-refractivity contribution in [3.63, 3.8) is 0 Å². The lowest BCUT2D eigenvalue weighted by Crippen LogP contribution is -2.42. The average molecular weight is 304 g/mol. The van der Waals surface area contributed by atoms with Crippen LogP contribution < -0.4 is 4.72 Å². The molecule has 4 nitrogen and oxygen atoms in total. The Kier molecular flexibility index (Phi) is 3.93. The van der Waals surface area contributed by atoms with E-state index in [0.717, 1.165) is 18.4 Å². The van der Waals surface area contributed by atoms with Gasteiger partial charge in [0.25, 0.3) is 0 Å². The van der Waals surface area contributed by atoms with Crippen LogP contribution in [0.15, 0.2) is 23.1 Å². The van der Waals surface area contributed by atoms with E-state index in [0.29, 0.717) is 5.02 Å². The monoisotopic (exact) mass is 303 g/mol. The van der Waals surface area contributed by atoms with Crippen molar-refractivity contribution in [3.05, 3.63) is 28.8 Å². The van der Waals surface area contributed by atoms with Gasteiger partial charge in [-0.3, -0.25) is 0 Å². The second-order valence-electron chi connectivity index (χ2n) is 5.37. The van der Waals surface area contributed by atoms with Gasteiger partial charge in [0.05, 0.1) is 10.5 Å². The van der Waals surface area contributed by atoms with Gasteiger partial charge in [0.2, 0.25) is 10.0 Å². The molecule has 1 aromatic rings. The normalized spacial score (nSPS) is 19.2. The molecule has 1 atom stereocenters. The van der Waals surface area contributed by atoms with E-state index in [-0.39, 0.29) is 17.4 Å². The lowest BCUT2D eigenvalue weighted by molar-refractivity contribution is 0.0422. The Hall–Kier alpha value is -0.620. The largest absolute Gasteiger partial charge is 0.389 e. The molecule has 6 heteroatoms. The summed E-state index contributed by atoms with van der Waals surface area (Å²) in [5.74, 6) is 0.191. The SMILES string of the molecule is Cc1ccc(S(=O)(=O)NCC(C)(O)C2CC2)cc1Cl. The Balaban J connectivity index is 2.11. The molecule has 0 amide bonds. The zero-order chi connectivity index (χ0) is 14.3. The molecule has 0 heterocycles. The summed E-state index contributed by atoms with van der Waals surface area (Å²) in [6, 6.07) is 4.59.